The lowest BCUT2D eigenvalue weighted by molar-refractivity contribution is -0.136. The maximum absolute atomic E-state index is 12.4. The molecule has 6 heteroatoms. The van der Waals surface area contributed by atoms with Crippen LogP contribution in [0.4, 0.5) is 0 Å². The third-order valence-electron chi connectivity index (χ3n) is 3.71. The molecule has 0 aliphatic heterocycles. The monoisotopic (exact) mass is 345 g/mol. The third kappa shape index (κ3) is 5.38. The molecule has 0 saturated carbocycles. The summed E-state index contributed by atoms with van der Waals surface area (Å²) in [6, 6.07) is 7.54. The Morgan fingerprint density at radius 2 is 2.12 bits per heavy atom. The highest BCUT2D eigenvalue weighted by Gasteiger charge is 2.20. The van der Waals surface area contributed by atoms with Gasteiger partial charge in [0.05, 0.1) is 18.4 Å². The highest BCUT2D eigenvalue weighted by molar-refractivity contribution is 5.97. The maximum atomic E-state index is 12.4. The summed E-state index contributed by atoms with van der Waals surface area (Å²) < 4.78 is 10.8. The van der Waals surface area contributed by atoms with Crippen LogP contribution in [0.1, 0.15) is 47.0 Å². The molecule has 0 fully saturated rings. The molecule has 0 saturated heterocycles. The number of ether oxygens (including phenoxy) is 1. The molecule has 2 rings (SSSR count). The van der Waals surface area contributed by atoms with Gasteiger partial charge in [0.15, 0.2) is 0 Å². The summed E-state index contributed by atoms with van der Waals surface area (Å²) in [6.45, 7) is 4.80. The van der Waals surface area contributed by atoms with Crippen LogP contribution in [-0.4, -0.2) is 23.6 Å². The predicted molar refractivity (Wildman–Crippen MR) is 92.8 cm³/mol. The zero-order chi connectivity index (χ0) is 18.2. The maximum Gasteiger partial charge on any atom is 0.311 e. The number of rotatable bonds is 9. The molecular formula is C19H23NO5. The highest BCUT2D eigenvalue weighted by Crippen LogP contribution is 2.18. The van der Waals surface area contributed by atoms with Crippen LogP contribution < -0.4 is 10.1 Å². The van der Waals surface area contributed by atoms with Crippen molar-refractivity contribution in [2.45, 2.75) is 39.7 Å². The Hall–Kier alpha value is -2.76. The minimum atomic E-state index is -1.04. The zero-order valence-corrected chi connectivity index (χ0v) is 14.5. The normalized spacial score (nSPS) is 10.5. The molecule has 0 aliphatic carbocycles. The van der Waals surface area contributed by atoms with Gasteiger partial charge in [-0.25, -0.2) is 0 Å². The predicted octanol–water partition coefficient (Wildman–Crippen LogP) is 3.32. The quantitative estimate of drug-likeness (QED) is 0.681. The molecule has 134 valence electrons. The van der Waals surface area contributed by atoms with Crippen LogP contribution in [0.25, 0.3) is 0 Å². The zero-order valence-electron chi connectivity index (χ0n) is 14.5. The molecule has 6 nitrogen and oxygen atoms in total. The Morgan fingerprint density at radius 1 is 1.32 bits per heavy atom. The second-order valence-corrected chi connectivity index (χ2v) is 5.82. The van der Waals surface area contributed by atoms with E-state index in [2.05, 4.69) is 12.2 Å². The van der Waals surface area contributed by atoms with Crippen molar-refractivity contribution in [3.63, 3.8) is 0 Å². The van der Waals surface area contributed by atoms with Gasteiger partial charge in [0.2, 0.25) is 0 Å². The summed E-state index contributed by atoms with van der Waals surface area (Å²) in [6.07, 6.45) is 3.14. The highest BCUT2D eigenvalue weighted by atomic mass is 16.5. The first-order valence-corrected chi connectivity index (χ1v) is 8.30. The lowest BCUT2D eigenvalue weighted by atomic mass is 10.1. The Kier molecular flexibility index (Phi) is 6.62. The van der Waals surface area contributed by atoms with Crippen molar-refractivity contribution in [1.82, 2.24) is 5.32 Å². The average Bonchev–Trinajstić information content (AvgIpc) is 2.93. The van der Waals surface area contributed by atoms with E-state index in [0.717, 1.165) is 24.2 Å². The number of hydrogen-bond acceptors (Lipinski definition) is 4. The molecule has 1 amide bonds. The Bertz CT molecular complexity index is 735. The topological polar surface area (TPSA) is 88.8 Å². The summed E-state index contributed by atoms with van der Waals surface area (Å²) in [5.41, 5.74) is 1.81. The van der Waals surface area contributed by atoms with Crippen molar-refractivity contribution in [3.8, 4) is 5.75 Å². The van der Waals surface area contributed by atoms with Gasteiger partial charge in [-0.15, -0.1) is 0 Å². The fourth-order valence-corrected chi connectivity index (χ4v) is 2.42. The van der Waals surface area contributed by atoms with E-state index in [1.807, 2.05) is 24.3 Å². The van der Waals surface area contributed by atoms with Gasteiger partial charge in [0, 0.05) is 12.1 Å². The van der Waals surface area contributed by atoms with Crippen LogP contribution in [0.5, 0.6) is 5.75 Å². The summed E-state index contributed by atoms with van der Waals surface area (Å²) in [5.74, 6) is -0.453. The SMILES string of the molecule is CCCCOc1cccc(CNC(=O)c2c(C)coc2CC(=O)O)c1. The van der Waals surface area contributed by atoms with Crippen molar-refractivity contribution >= 4 is 11.9 Å². The van der Waals surface area contributed by atoms with Crippen molar-refractivity contribution in [1.29, 1.82) is 0 Å². The van der Waals surface area contributed by atoms with Crippen molar-refractivity contribution in [2.75, 3.05) is 6.61 Å². The second kappa shape index (κ2) is 8.92. The van der Waals surface area contributed by atoms with Gasteiger partial charge in [0.25, 0.3) is 5.91 Å². The molecule has 1 aromatic heterocycles. The molecule has 1 heterocycles. The van der Waals surface area contributed by atoms with E-state index in [4.69, 9.17) is 14.3 Å². The average molecular weight is 345 g/mol. The van der Waals surface area contributed by atoms with Crippen molar-refractivity contribution in [2.24, 2.45) is 0 Å². The van der Waals surface area contributed by atoms with E-state index in [1.165, 1.54) is 6.26 Å². The van der Waals surface area contributed by atoms with Gasteiger partial charge in [-0.3, -0.25) is 9.59 Å². The molecule has 0 radical (unpaired) electrons. The van der Waals surface area contributed by atoms with Gasteiger partial charge in [-0.05, 0) is 31.0 Å². The number of unbranched alkanes of at least 4 members (excludes halogenated alkanes) is 1. The summed E-state index contributed by atoms with van der Waals surface area (Å²) >= 11 is 0. The standard InChI is InChI=1S/C19H23NO5/c1-3-4-8-24-15-7-5-6-14(9-15)11-20-19(23)18-13(2)12-25-16(18)10-17(21)22/h5-7,9,12H,3-4,8,10-11H2,1-2H3,(H,20,23)(H,21,22). The number of benzene rings is 1. The first-order valence-electron chi connectivity index (χ1n) is 8.30. The fourth-order valence-electron chi connectivity index (χ4n) is 2.42. The molecule has 0 atom stereocenters. The largest absolute Gasteiger partial charge is 0.494 e. The van der Waals surface area contributed by atoms with E-state index < -0.39 is 5.97 Å². The molecule has 1 aromatic carbocycles. The number of furan rings is 1. The lowest BCUT2D eigenvalue weighted by Crippen LogP contribution is -2.24. The van der Waals surface area contributed by atoms with E-state index in [0.29, 0.717) is 18.7 Å². The summed E-state index contributed by atoms with van der Waals surface area (Å²) in [4.78, 5) is 23.3. The summed E-state index contributed by atoms with van der Waals surface area (Å²) in [5, 5.41) is 11.7. The fraction of sp³-hybridized carbons (Fsp3) is 0.368. The number of aryl methyl sites for hydroxylation is 1. The van der Waals surface area contributed by atoms with Gasteiger partial charge >= 0.3 is 5.97 Å². The van der Waals surface area contributed by atoms with Crippen LogP contribution in [0.15, 0.2) is 34.9 Å². The number of nitrogens with one attached hydrogen (secondary N) is 1. The smallest absolute Gasteiger partial charge is 0.311 e. The van der Waals surface area contributed by atoms with E-state index in [9.17, 15) is 9.59 Å². The molecule has 2 N–H and O–H groups in total. The van der Waals surface area contributed by atoms with Gasteiger partial charge in [0.1, 0.15) is 17.9 Å². The van der Waals surface area contributed by atoms with Crippen LogP contribution in [0, 0.1) is 6.92 Å². The first kappa shape index (κ1) is 18.6. The molecular weight excluding hydrogens is 322 g/mol. The van der Waals surface area contributed by atoms with Gasteiger partial charge < -0.3 is 19.6 Å². The number of carboxylic acid groups (broad SMARTS) is 1. The Balaban J connectivity index is 1.99. The van der Waals surface area contributed by atoms with Crippen LogP contribution in [0.2, 0.25) is 0 Å². The number of hydrogen-bond donors (Lipinski definition) is 2. The number of carbonyl (C=O) groups is 2. The van der Waals surface area contributed by atoms with Crippen LogP contribution in [0.3, 0.4) is 0 Å². The second-order valence-electron chi connectivity index (χ2n) is 5.82. The minimum absolute atomic E-state index is 0.166. The summed E-state index contributed by atoms with van der Waals surface area (Å²) in [7, 11) is 0. The lowest BCUT2D eigenvalue weighted by Gasteiger charge is -2.09. The van der Waals surface area contributed by atoms with E-state index >= 15 is 0 Å². The third-order valence-corrected chi connectivity index (χ3v) is 3.71. The molecule has 0 aliphatic rings. The van der Waals surface area contributed by atoms with Crippen molar-refractivity contribution < 1.29 is 23.8 Å². The Labute approximate surface area is 146 Å². The van der Waals surface area contributed by atoms with E-state index in [1.54, 1.807) is 6.92 Å². The molecule has 25 heavy (non-hydrogen) atoms. The van der Waals surface area contributed by atoms with Crippen LogP contribution in [-0.2, 0) is 17.8 Å². The molecule has 0 unspecified atom stereocenters. The van der Waals surface area contributed by atoms with E-state index in [-0.39, 0.29) is 23.7 Å². The van der Waals surface area contributed by atoms with Crippen LogP contribution >= 0.6 is 0 Å². The first-order chi connectivity index (χ1) is 12.0. The number of amides is 1. The molecule has 2 aromatic rings. The molecule has 0 bridgehead atoms. The number of carboxylic acids is 1. The van der Waals surface area contributed by atoms with Gasteiger partial charge in [-0.2, -0.15) is 0 Å². The minimum Gasteiger partial charge on any atom is -0.494 e. The molecule has 0 spiro atoms. The van der Waals surface area contributed by atoms with Gasteiger partial charge in [-0.1, -0.05) is 25.5 Å². The number of carbonyl (C=O) groups excluding carboxylic acids is 1. The number of aliphatic carboxylic acids is 1. The Morgan fingerprint density at radius 3 is 2.84 bits per heavy atom. The van der Waals surface area contributed by atoms with Crippen molar-refractivity contribution in [3.05, 3.63) is 53.0 Å².